The van der Waals surface area contributed by atoms with Gasteiger partial charge in [0.15, 0.2) is 0 Å². The molecular formula is C17H28N2. The van der Waals surface area contributed by atoms with E-state index in [-0.39, 0.29) is 0 Å². The molecule has 1 fully saturated rings. The van der Waals surface area contributed by atoms with Gasteiger partial charge in [-0.1, -0.05) is 25.1 Å². The third-order valence-electron chi connectivity index (χ3n) is 4.55. The minimum absolute atomic E-state index is 0.456. The average Bonchev–Trinajstić information content (AvgIpc) is 2.42. The maximum absolute atomic E-state index is 3.80. The Morgan fingerprint density at radius 3 is 2.47 bits per heavy atom. The van der Waals surface area contributed by atoms with Gasteiger partial charge in [-0.15, -0.1) is 0 Å². The van der Waals surface area contributed by atoms with E-state index in [1.54, 1.807) is 0 Å². The molecule has 2 rings (SSSR count). The molecule has 1 aromatic rings. The Balaban J connectivity index is 1.90. The van der Waals surface area contributed by atoms with E-state index in [1.807, 2.05) is 0 Å². The van der Waals surface area contributed by atoms with Gasteiger partial charge in [-0.25, -0.2) is 0 Å². The van der Waals surface area contributed by atoms with Crippen LogP contribution in [-0.4, -0.2) is 30.6 Å². The van der Waals surface area contributed by atoms with Crippen LogP contribution in [0.25, 0.3) is 0 Å². The first-order valence-corrected chi connectivity index (χ1v) is 7.65. The van der Waals surface area contributed by atoms with Gasteiger partial charge in [0.25, 0.3) is 0 Å². The van der Waals surface area contributed by atoms with Crippen LogP contribution >= 0.6 is 0 Å². The number of benzene rings is 1. The van der Waals surface area contributed by atoms with E-state index < -0.39 is 0 Å². The van der Waals surface area contributed by atoms with Gasteiger partial charge in [0, 0.05) is 12.1 Å². The van der Waals surface area contributed by atoms with E-state index in [4.69, 9.17) is 0 Å². The number of hydrogen-bond acceptors (Lipinski definition) is 2. The number of likely N-dealkylation sites (tertiary alicyclic amines) is 1. The van der Waals surface area contributed by atoms with Gasteiger partial charge in [0.2, 0.25) is 0 Å². The predicted molar refractivity (Wildman–Crippen MR) is 82.6 cm³/mol. The average molecular weight is 260 g/mol. The molecule has 0 amide bonds. The monoisotopic (exact) mass is 260 g/mol. The second-order valence-corrected chi connectivity index (χ2v) is 5.94. The summed E-state index contributed by atoms with van der Waals surface area (Å²) in [5.41, 5.74) is 4.19. The van der Waals surface area contributed by atoms with Crippen molar-refractivity contribution in [3.63, 3.8) is 0 Å². The zero-order valence-electron chi connectivity index (χ0n) is 12.9. The summed E-state index contributed by atoms with van der Waals surface area (Å²) in [6, 6.07) is 7.97. The van der Waals surface area contributed by atoms with E-state index >= 15 is 0 Å². The fraction of sp³-hybridized carbons (Fsp3) is 0.647. The standard InChI is InChI=1S/C17H28N2/c1-5-19-10-8-17(9-11-19)18-15(4)16-7-6-13(2)14(3)12-16/h6-7,12,15,17-18H,5,8-11H2,1-4H3. The molecule has 106 valence electrons. The molecule has 1 N–H and O–H groups in total. The number of aryl methyl sites for hydroxylation is 2. The molecule has 2 nitrogen and oxygen atoms in total. The lowest BCUT2D eigenvalue weighted by molar-refractivity contribution is 0.200. The Morgan fingerprint density at radius 2 is 1.89 bits per heavy atom. The Bertz CT molecular complexity index is 406. The van der Waals surface area contributed by atoms with Crippen LogP contribution < -0.4 is 5.32 Å². The minimum atomic E-state index is 0.456. The third kappa shape index (κ3) is 3.80. The van der Waals surface area contributed by atoms with E-state index in [9.17, 15) is 0 Å². The summed E-state index contributed by atoms with van der Waals surface area (Å²) in [7, 11) is 0. The molecule has 0 radical (unpaired) electrons. The van der Waals surface area contributed by atoms with Crippen molar-refractivity contribution in [2.75, 3.05) is 19.6 Å². The van der Waals surface area contributed by atoms with E-state index in [0.717, 1.165) is 0 Å². The van der Waals surface area contributed by atoms with Crippen LogP contribution in [0.1, 0.15) is 49.4 Å². The van der Waals surface area contributed by atoms with Gasteiger partial charge in [0.1, 0.15) is 0 Å². The third-order valence-corrected chi connectivity index (χ3v) is 4.55. The number of nitrogens with zero attached hydrogens (tertiary/aromatic N) is 1. The van der Waals surface area contributed by atoms with Crippen molar-refractivity contribution in [3.8, 4) is 0 Å². The Hall–Kier alpha value is -0.860. The van der Waals surface area contributed by atoms with E-state index in [1.165, 1.54) is 49.2 Å². The minimum Gasteiger partial charge on any atom is -0.307 e. The SMILES string of the molecule is CCN1CCC(NC(C)c2ccc(C)c(C)c2)CC1. The van der Waals surface area contributed by atoms with Crippen molar-refractivity contribution >= 4 is 0 Å². The highest BCUT2D eigenvalue weighted by atomic mass is 15.1. The van der Waals surface area contributed by atoms with Gasteiger partial charge in [0.05, 0.1) is 0 Å². The molecule has 0 aromatic heterocycles. The molecule has 1 unspecified atom stereocenters. The molecule has 1 atom stereocenters. The van der Waals surface area contributed by atoms with E-state index in [2.05, 4.69) is 56.1 Å². The van der Waals surface area contributed by atoms with Gasteiger partial charge in [-0.05, 0) is 69.9 Å². The van der Waals surface area contributed by atoms with Crippen LogP contribution in [0.5, 0.6) is 0 Å². The molecule has 19 heavy (non-hydrogen) atoms. The highest BCUT2D eigenvalue weighted by molar-refractivity contribution is 5.31. The highest BCUT2D eigenvalue weighted by Gasteiger charge is 2.19. The number of piperidine rings is 1. The van der Waals surface area contributed by atoms with Crippen LogP contribution in [0, 0.1) is 13.8 Å². The topological polar surface area (TPSA) is 15.3 Å². The predicted octanol–water partition coefficient (Wildman–Crippen LogP) is 3.44. The van der Waals surface area contributed by atoms with Crippen molar-refractivity contribution in [2.24, 2.45) is 0 Å². The molecule has 2 heteroatoms. The number of nitrogens with one attached hydrogen (secondary N) is 1. The molecule has 1 saturated heterocycles. The maximum Gasteiger partial charge on any atom is 0.0294 e. The summed E-state index contributed by atoms with van der Waals surface area (Å²) in [6.45, 7) is 12.6. The highest BCUT2D eigenvalue weighted by Crippen LogP contribution is 2.19. The molecule has 1 aromatic carbocycles. The second kappa shape index (κ2) is 6.53. The fourth-order valence-electron chi connectivity index (χ4n) is 2.90. The molecular weight excluding hydrogens is 232 g/mol. The summed E-state index contributed by atoms with van der Waals surface area (Å²) >= 11 is 0. The molecule has 1 heterocycles. The van der Waals surface area contributed by atoms with Crippen LogP contribution in [-0.2, 0) is 0 Å². The van der Waals surface area contributed by atoms with Crippen molar-refractivity contribution in [1.29, 1.82) is 0 Å². The Kier molecular flexibility index (Phi) is 5.00. The van der Waals surface area contributed by atoms with Crippen molar-refractivity contribution in [2.45, 2.75) is 52.6 Å². The first kappa shape index (κ1) is 14.5. The number of hydrogen-bond donors (Lipinski definition) is 1. The molecule has 1 aliphatic rings. The van der Waals surface area contributed by atoms with E-state index in [0.29, 0.717) is 12.1 Å². The zero-order valence-corrected chi connectivity index (χ0v) is 12.9. The fourth-order valence-corrected chi connectivity index (χ4v) is 2.90. The Labute approximate surface area is 118 Å². The zero-order chi connectivity index (χ0) is 13.8. The van der Waals surface area contributed by atoms with Gasteiger partial charge < -0.3 is 10.2 Å². The summed E-state index contributed by atoms with van der Waals surface area (Å²) in [6.07, 6.45) is 2.56. The van der Waals surface area contributed by atoms with Gasteiger partial charge in [-0.2, -0.15) is 0 Å². The smallest absolute Gasteiger partial charge is 0.0294 e. The van der Waals surface area contributed by atoms with Crippen LogP contribution in [0.3, 0.4) is 0 Å². The quantitative estimate of drug-likeness (QED) is 0.892. The summed E-state index contributed by atoms with van der Waals surface area (Å²) in [5.74, 6) is 0. The van der Waals surface area contributed by atoms with Crippen molar-refractivity contribution in [3.05, 3.63) is 34.9 Å². The van der Waals surface area contributed by atoms with Gasteiger partial charge >= 0.3 is 0 Å². The molecule has 0 saturated carbocycles. The van der Waals surface area contributed by atoms with Crippen LogP contribution in [0.15, 0.2) is 18.2 Å². The van der Waals surface area contributed by atoms with Gasteiger partial charge in [-0.3, -0.25) is 0 Å². The first-order chi connectivity index (χ1) is 9.10. The molecule has 0 bridgehead atoms. The first-order valence-electron chi connectivity index (χ1n) is 7.65. The lowest BCUT2D eigenvalue weighted by atomic mass is 9.99. The van der Waals surface area contributed by atoms with Crippen molar-refractivity contribution < 1.29 is 0 Å². The molecule has 0 aliphatic carbocycles. The lowest BCUT2D eigenvalue weighted by Crippen LogP contribution is -2.43. The Morgan fingerprint density at radius 1 is 1.21 bits per heavy atom. The van der Waals surface area contributed by atoms with Crippen molar-refractivity contribution in [1.82, 2.24) is 10.2 Å². The maximum atomic E-state index is 3.80. The van der Waals surface area contributed by atoms with Crippen LogP contribution in [0.2, 0.25) is 0 Å². The summed E-state index contributed by atoms with van der Waals surface area (Å²) in [5, 5.41) is 3.80. The summed E-state index contributed by atoms with van der Waals surface area (Å²) in [4.78, 5) is 2.54. The largest absolute Gasteiger partial charge is 0.307 e. The lowest BCUT2D eigenvalue weighted by Gasteiger charge is -2.33. The van der Waals surface area contributed by atoms with Crippen LogP contribution in [0.4, 0.5) is 0 Å². The second-order valence-electron chi connectivity index (χ2n) is 5.94. The summed E-state index contributed by atoms with van der Waals surface area (Å²) < 4.78 is 0. The normalized spacial score (nSPS) is 19.6. The molecule has 1 aliphatic heterocycles. The molecule has 0 spiro atoms. The number of rotatable bonds is 4.